The molecule has 82 valence electrons. The van der Waals surface area contributed by atoms with E-state index in [9.17, 15) is 0 Å². The van der Waals surface area contributed by atoms with Crippen LogP contribution in [-0.4, -0.2) is 26.2 Å². The highest BCUT2D eigenvalue weighted by Gasteiger charge is 2.30. The summed E-state index contributed by atoms with van der Waals surface area (Å²) in [4.78, 5) is 2.25. The molecule has 1 aliphatic heterocycles. The summed E-state index contributed by atoms with van der Waals surface area (Å²) in [6.45, 7) is 2.06. The van der Waals surface area contributed by atoms with Gasteiger partial charge in [0.2, 0.25) is 0 Å². The number of nitrogens with two attached hydrogens (primary N) is 1. The van der Waals surface area contributed by atoms with Crippen LogP contribution in [0.4, 0.5) is 5.69 Å². The Labute approximate surface area is 90.8 Å². The van der Waals surface area contributed by atoms with Gasteiger partial charge in [-0.2, -0.15) is 0 Å². The zero-order valence-electron chi connectivity index (χ0n) is 9.53. The molecule has 1 aromatic rings. The van der Waals surface area contributed by atoms with Crippen molar-refractivity contribution in [1.82, 2.24) is 0 Å². The van der Waals surface area contributed by atoms with E-state index in [1.807, 2.05) is 12.1 Å². The van der Waals surface area contributed by atoms with Gasteiger partial charge in [-0.3, -0.25) is 0 Å². The van der Waals surface area contributed by atoms with Gasteiger partial charge in [-0.15, -0.1) is 0 Å². The molecule has 0 aliphatic carbocycles. The highest BCUT2D eigenvalue weighted by molar-refractivity contribution is 5.64. The van der Waals surface area contributed by atoms with Crippen molar-refractivity contribution in [3.05, 3.63) is 23.8 Å². The van der Waals surface area contributed by atoms with Crippen LogP contribution in [0.5, 0.6) is 5.75 Å². The fourth-order valence-corrected chi connectivity index (χ4v) is 2.34. The summed E-state index contributed by atoms with van der Waals surface area (Å²) in [7, 11) is 3.81. The van der Waals surface area contributed by atoms with Gasteiger partial charge in [-0.25, -0.2) is 0 Å². The second kappa shape index (κ2) is 3.74. The smallest absolute Gasteiger partial charge is 0.124 e. The van der Waals surface area contributed by atoms with E-state index in [1.54, 1.807) is 7.11 Å². The highest BCUT2D eigenvalue weighted by atomic mass is 16.5. The first-order valence-electron chi connectivity index (χ1n) is 5.29. The summed E-state index contributed by atoms with van der Waals surface area (Å²) in [5, 5.41) is 0. The molecule has 0 bridgehead atoms. The van der Waals surface area contributed by atoms with Crippen molar-refractivity contribution in [3.63, 3.8) is 0 Å². The normalized spacial score (nSPS) is 21.3. The number of hydrogen-bond donors (Lipinski definition) is 1. The lowest BCUT2D eigenvalue weighted by molar-refractivity contribution is 0.409. The van der Waals surface area contributed by atoms with Crippen LogP contribution >= 0.6 is 0 Å². The average molecular weight is 206 g/mol. The van der Waals surface area contributed by atoms with Gasteiger partial charge in [0.05, 0.1) is 7.11 Å². The van der Waals surface area contributed by atoms with Gasteiger partial charge in [0, 0.05) is 30.4 Å². The van der Waals surface area contributed by atoms with Gasteiger partial charge in [0.1, 0.15) is 5.75 Å². The number of benzene rings is 1. The molecule has 2 atom stereocenters. The molecule has 2 rings (SSSR count). The lowest BCUT2D eigenvalue weighted by Gasteiger charge is -2.25. The standard InChI is InChI=1S/C12H18N2O/c1-8(13)11-7-9-10(14(11)2)5-4-6-12(9)15-3/h4-6,8,11H,7,13H2,1-3H3. The molecule has 1 heterocycles. The molecular weight excluding hydrogens is 188 g/mol. The van der Waals surface area contributed by atoms with Crippen LogP contribution in [-0.2, 0) is 6.42 Å². The van der Waals surface area contributed by atoms with Crippen molar-refractivity contribution in [2.75, 3.05) is 19.1 Å². The number of methoxy groups -OCH3 is 1. The van der Waals surface area contributed by atoms with E-state index in [4.69, 9.17) is 10.5 Å². The molecule has 0 aromatic heterocycles. The molecule has 0 saturated carbocycles. The predicted molar refractivity (Wildman–Crippen MR) is 62.5 cm³/mol. The highest BCUT2D eigenvalue weighted by Crippen LogP contribution is 2.37. The third-order valence-electron chi connectivity index (χ3n) is 3.23. The number of fused-ring (bicyclic) bond motifs is 1. The Bertz CT molecular complexity index is 363. The number of nitrogens with zero attached hydrogens (tertiary/aromatic N) is 1. The van der Waals surface area contributed by atoms with Crippen molar-refractivity contribution in [2.24, 2.45) is 5.73 Å². The SMILES string of the molecule is COc1cccc2c1CC(C(C)N)N2C. The summed E-state index contributed by atoms with van der Waals surface area (Å²) >= 11 is 0. The maximum absolute atomic E-state index is 5.98. The van der Waals surface area contributed by atoms with E-state index >= 15 is 0 Å². The zero-order valence-corrected chi connectivity index (χ0v) is 9.53. The second-order valence-electron chi connectivity index (χ2n) is 4.20. The molecule has 1 aliphatic rings. The lowest BCUT2D eigenvalue weighted by atomic mass is 10.0. The first kappa shape index (κ1) is 10.3. The maximum Gasteiger partial charge on any atom is 0.124 e. The van der Waals surface area contributed by atoms with Crippen LogP contribution in [0.25, 0.3) is 0 Å². The predicted octanol–water partition coefficient (Wildman–Crippen LogP) is 1.40. The molecule has 3 heteroatoms. The summed E-state index contributed by atoms with van der Waals surface area (Å²) in [5.41, 5.74) is 8.51. The number of anilines is 1. The summed E-state index contributed by atoms with van der Waals surface area (Å²) in [6.07, 6.45) is 0.980. The Kier molecular flexibility index (Phi) is 2.57. The molecule has 15 heavy (non-hydrogen) atoms. The first-order chi connectivity index (χ1) is 7.15. The molecule has 0 spiro atoms. The van der Waals surface area contributed by atoms with Gasteiger partial charge in [-0.1, -0.05) is 6.07 Å². The van der Waals surface area contributed by atoms with Crippen LogP contribution in [0.2, 0.25) is 0 Å². The fourth-order valence-electron chi connectivity index (χ4n) is 2.34. The third-order valence-corrected chi connectivity index (χ3v) is 3.23. The zero-order chi connectivity index (χ0) is 11.0. The molecule has 0 saturated heterocycles. The molecule has 0 amide bonds. The van der Waals surface area contributed by atoms with Crippen LogP contribution in [0.1, 0.15) is 12.5 Å². The van der Waals surface area contributed by atoms with Gasteiger partial charge >= 0.3 is 0 Å². The molecule has 0 fully saturated rings. The van der Waals surface area contributed by atoms with Gasteiger partial charge in [0.15, 0.2) is 0 Å². The topological polar surface area (TPSA) is 38.5 Å². The molecule has 1 aromatic carbocycles. The lowest BCUT2D eigenvalue weighted by Crippen LogP contribution is -2.42. The van der Waals surface area contributed by atoms with Crippen molar-refractivity contribution in [1.29, 1.82) is 0 Å². The Morgan fingerprint density at radius 1 is 1.53 bits per heavy atom. The number of likely N-dealkylation sites (N-methyl/N-ethyl adjacent to an activating group) is 1. The van der Waals surface area contributed by atoms with E-state index < -0.39 is 0 Å². The Hall–Kier alpha value is -1.22. The van der Waals surface area contributed by atoms with Gasteiger partial charge in [0.25, 0.3) is 0 Å². The van der Waals surface area contributed by atoms with Crippen LogP contribution < -0.4 is 15.4 Å². The van der Waals surface area contributed by atoms with E-state index in [0.29, 0.717) is 6.04 Å². The van der Waals surface area contributed by atoms with Crippen molar-refractivity contribution < 1.29 is 4.74 Å². The Morgan fingerprint density at radius 2 is 2.27 bits per heavy atom. The molecule has 0 radical (unpaired) electrons. The van der Waals surface area contributed by atoms with Gasteiger partial charge < -0.3 is 15.4 Å². The van der Waals surface area contributed by atoms with Crippen LogP contribution in [0.3, 0.4) is 0 Å². The average Bonchev–Trinajstić information content (AvgIpc) is 2.56. The third kappa shape index (κ3) is 1.57. The molecule has 2 unspecified atom stereocenters. The van der Waals surface area contributed by atoms with E-state index in [2.05, 4.69) is 24.9 Å². The largest absolute Gasteiger partial charge is 0.496 e. The quantitative estimate of drug-likeness (QED) is 0.795. The Balaban J connectivity index is 2.40. The monoisotopic (exact) mass is 206 g/mol. The first-order valence-corrected chi connectivity index (χ1v) is 5.29. The fraction of sp³-hybridized carbons (Fsp3) is 0.500. The molecule has 2 N–H and O–H groups in total. The summed E-state index contributed by atoms with van der Waals surface area (Å²) in [6, 6.07) is 6.72. The minimum atomic E-state index is 0.173. The minimum absolute atomic E-state index is 0.173. The van der Waals surface area contributed by atoms with Crippen molar-refractivity contribution >= 4 is 5.69 Å². The minimum Gasteiger partial charge on any atom is -0.496 e. The number of rotatable bonds is 2. The van der Waals surface area contributed by atoms with Crippen LogP contribution in [0.15, 0.2) is 18.2 Å². The van der Waals surface area contributed by atoms with Gasteiger partial charge in [-0.05, 0) is 25.5 Å². The van der Waals surface area contributed by atoms with Crippen LogP contribution in [0, 0.1) is 0 Å². The summed E-state index contributed by atoms with van der Waals surface area (Å²) in [5.74, 6) is 0.975. The van der Waals surface area contributed by atoms with E-state index in [-0.39, 0.29) is 6.04 Å². The number of ether oxygens (including phenoxy) is 1. The Morgan fingerprint density at radius 3 is 2.87 bits per heavy atom. The van der Waals surface area contributed by atoms with E-state index in [1.165, 1.54) is 11.3 Å². The van der Waals surface area contributed by atoms with Crippen molar-refractivity contribution in [3.8, 4) is 5.75 Å². The van der Waals surface area contributed by atoms with E-state index in [0.717, 1.165) is 12.2 Å². The number of hydrogen-bond acceptors (Lipinski definition) is 3. The van der Waals surface area contributed by atoms with Crippen molar-refractivity contribution in [2.45, 2.75) is 25.4 Å². The molecule has 3 nitrogen and oxygen atoms in total. The second-order valence-corrected chi connectivity index (χ2v) is 4.20. The maximum atomic E-state index is 5.98. The molecular formula is C12H18N2O. The summed E-state index contributed by atoms with van der Waals surface area (Å²) < 4.78 is 5.37.